The van der Waals surface area contributed by atoms with Crippen molar-refractivity contribution in [1.29, 1.82) is 0 Å². The number of hydrogen-bond donors (Lipinski definition) is 2. The van der Waals surface area contributed by atoms with Gasteiger partial charge in [0, 0.05) is 10.5 Å². The zero-order valence-electron chi connectivity index (χ0n) is 11.8. The molecule has 0 aliphatic rings. The first kappa shape index (κ1) is 15.2. The van der Waals surface area contributed by atoms with E-state index in [0.717, 1.165) is 23.7 Å². The second-order valence-corrected chi connectivity index (χ2v) is 5.98. The zero-order chi connectivity index (χ0) is 14.4. The summed E-state index contributed by atoms with van der Waals surface area (Å²) in [5.41, 5.74) is 6.82. The van der Waals surface area contributed by atoms with Gasteiger partial charge in [0.15, 0.2) is 0 Å². The number of hydrazine groups is 1. The Morgan fingerprint density at radius 1 is 1.15 bits per heavy atom. The van der Waals surface area contributed by atoms with E-state index in [2.05, 4.69) is 76.8 Å². The Morgan fingerprint density at radius 2 is 1.90 bits per heavy atom. The predicted octanol–water partition coefficient (Wildman–Crippen LogP) is 4.28. The van der Waals surface area contributed by atoms with Gasteiger partial charge >= 0.3 is 0 Å². The average molecular weight is 333 g/mol. The zero-order valence-corrected chi connectivity index (χ0v) is 13.4. The average Bonchev–Trinajstić information content (AvgIpc) is 2.48. The van der Waals surface area contributed by atoms with Crippen LogP contribution in [0.3, 0.4) is 0 Å². The standard InChI is InChI=1S/C17H21BrN2/c1-13-10-11-16(18)15(12-13)17(20-19)9-5-8-14-6-3-2-4-7-14/h2-4,6-7,10-12,17,20H,5,8-9,19H2,1H3. The number of hydrogen-bond acceptors (Lipinski definition) is 2. The Balaban J connectivity index is 1.97. The molecule has 0 saturated carbocycles. The van der Waals surface area contributed by atoms with Crippen molar-refractivity contribution in [2.45, 2.75) is 32.2 Å². The molecular weight excluding hydrogens is 312 g/mol. The van der Waals surface area contributed by atoms with Gasteiger partial charge in [-0.15, -0.1) is 0 Å². The first-order valence-electron chi connectivity index (χ1n) is 6.97. The van der Waals surface area contributed by atoms with Crippen LogP contribution in [0.1, 0.15) is 35.6 Å². The monoisotopic (exact) mass is 332 g/mol. The number of halogens is 1. The summed E-state index contributed by atoms with van der Waals surface area (Å²) >= 11 is 3.61. The summed E-state index contributed by atoms with van der Waals surface area (Å²) in [4.78, 5) is 0. The third-order valence-electron chi connectivity index (χ3n) is 3.53. The van der Waals surface area contributed by atoms with Gasteiger partial charge in [0.05, 0.1) is 0 Å². The molecule has 0 amide bonds. The van der Waals surface area contributed by atoms with Gasteiger partial charge in [-0.1, -0.05) is 64.0 Å². The van der Waals surface area contributed by atoms with Crippen LogP contribution in [-0.4, -0.2) is 0 Å². The van der Waals surface area contributed by atoms with Gasteiger partial charge in [-0.3, -0.25) is 11.3 Å². The van der Waals surface area contributed by atoms with Crippen LogP contribution < -0.4 is 11.3 Å². The Morgan fingerprint density at radius 3 is 2.60 bits per heavy atom. The SMILES string of the molecule is Cc1ccc(Br)c(C(CCCc2ccccc2)NN)c1. The van der Waals surface area contributed by atoms with Crippen LogP contribution in [0.15, 0.2) is 53.0 Å². The smallest absolute Gasteiger partial charge is 0.0471 e. The molecule has 0 aliphatic carbocycles. The van der Waals surface area contributed by atoms with Crippen LogP contribution in [0.4, 0.5) is 0 Å². The Bertz CT molecular complexity index is 540. The molecule has 20 heavy (non-hydrogen) atoms. The van der Waals surface area contributed by atoms with Crippen LogP contribution in [0.25, 0.3) is 0 Å². The molecule has 106 valence electrons. The van der Waals surface area contributed by atoms with E-state index in [4.69, 9.17) is 5.84 Å². The van der Waals surface area contributed by atoms with E-state index in [-0.39, 0.29) is 6.04 Å². The van der Waals surface area contributed by atoms with Crippen LogP contribution in [0.5, 0.6) is 0 Å². The summed E-state index contributed by atoms with van der Waals surface area (Å²) in [6.45, 7) is 2.10. The molecule has 0 radical (unpaired) electrons. The molecule has 0 saturated heterocycles. The molecule has 3 heteroatoms. The van der Waals surface area contributed by atoms with Crippen LogP contribution in [-0.2, 0) is 6.42 Å². The van der Waals surface area contributed by atoms with Crippen molar-refractivity contribution >= 4 is 15.9 Å². The highest BCUT2D eigenvalue weighted by molar-refractivity contribution is 9.10. The van der Waals surface area contributed by atoms with Crippen molar-refractivity contribution in [2.24, 2.45) is 5.84 Å². The molecule has 0 heterocycles. The van der Waals surface area contributed by atoms with Gasteiger partial charge in [0.1, 0.15) is 0 Å². The molecule has 1 unspecified atom stereocenters. The normalized spacial score (nSPS) is 12.3. The molecule has 2 rings (SSSR count). The lowest BCUT2D eigenvalue weighted by Crippen LogP contribution is -2.28. The Labute approximate surface area is 129 Å². The fourth-order valence-corrected chi connectivity index (χ4v) is 2.94. The number of rotatable bonds is 6. The van der Waals surface area contributed by atoms with Crippen molar-refractivity contribution in [3.8, 4) is 0 Å². The minimum Gasteiger partial charge on any atom is -0.271 e. The number of nitrogens with two attached hydrogens (primary N) is 1. The fraction of sp³-hybridized carbons (Fsp3) is 0.294. The molecular formula is C17H21BrN2. The van der Waals surface area contributed by atoms with Crippen molar-refractivity contribution in [1.82, 2.24) is 5.43 Å². The first-order valence-corrected chi connectivity index (χ1v) is 7.76. The Kier molecular flexibility index (Phi) is 5.77. The lowest BCUT2D eigenvalue weighted by atomic mass is 9.98. The predicted molar refractivity (Wildman–Crippen MR) is 88.3 cm³/mol. The lowest BCUT2D eigenvalue weighted by molar-refractivity contribution is 0.497. The van der Waals surface area contributed by atoms with Crippen molar-refractivity contribution < 1.29 is 0 Å². The van der Waals surface area contributed by atoms with Crippen LogP contribution in [0.2, 0.25) is 0 Å². The summed E-state index contributed by atoms with van der Waals surface area (Å²) in [7, 11) is 0. The van der Waals surface area contributed by atoms with E-state index in [1.54, 1.807) is 0 Å². The van der Waals surface area contributed by atoms with Gasteiger partial charge in [-0.05, 0) is 43.4 Å². The van der Waals surface area contributed by atoms with Gasteiger partial charge in [-0.2, -0.15) is 0 Å². The molecule has 0 aliphatic heterocycles. The van der Waals surface area contributed by atoms with E-state index in [9.17, 15) is 0 Å². The second-order valence-electron chi connectivity index (χ2n) is 5.12. The van der Waals surface area contributed by atoms with Crippen LogP contribution >= 0.6 is 15.9 Å². The highest BCUT2D eigenvalue weighted by Crippen LogP contribution is 2.27. The van der Waals surface area contributed by atoms with Gasteiger partial charge < -0.3 is 0 Å². The van der Waals surface area contributed by atoms with Crippen LogP contribution in [0, 0.1) is 6.92 Å². The molecule has 0 bridgehead atoms. The molecule has 2 aromatic carbocycles. The highest BCUT2D eigenvalue weighted by atomic mass is 79.9. The van der Waals surface area contributed by atoms with E-state index in [1.165, 1.54) is 16.7 Å². The number of nitrogens with one attached hydrogen (secondary N) is 1. The van der Waals surface area contributed by atoms with Gasteiger partial charge in [0.25, 0.3) is 0 Å². The molecule has 0 fully saturated rings. The minimum atomic E-state index is 0.188. The van der Waals surface area contributed by atoms with E-state index in [1.807, 2.05) is 0 Å². The lowest BCUT2D eigenvalue weighted by Gasteiger charge is -2.18. The number of benzene rings is 2. The van der Waals surface area contributed by atoms with Crippen molar-refractivity contribution in [2.75, 3.05) is 0 Å². The van der Waals surface area contributed by atoms with Gasteiger partial charge in [0.2, 0.25) is 0 Å². The summed E-state index contributed by atoms with van der Waals surface area (Å²) in [5.74, 6) is 5.73. The van der Waals surface area contributed by atoms with Crippen molar-refractivity contribution in [3.63, 3.8) is 0 Å². The molecule has 0 spiro atoms. The van der Waals surface area contributed by atoms with E-state index in [0.29, 0.717) is 0 Å². The summed E-state index contributed by atoms with van der Waals surface area (Å²) < 4.78 is 1.12. The first-order chi connectivity index (χ1) is 9.70. The molecule has 2 nitrogen and oxygen atoms in total. The van der Waals surface area contributed by atoms with E-state index >= 15 is 0 Å². The summed E-state index contributed by atoms with van der Waals surface area (Å²) in [5, 5.41) is 0. The van der Waals surface area contributed by atoms with Crippen molar-refractivity contribution in [3.05, 3.63) is 69.7 Å². The maximum absolute atomic E-state index is 5.73. The molecule has 3 N–H and O–H groups in total. The third kappa shape index (κ3) is 4.17. The minimum absolute atomic E-state index is 0.188. The highest BCUT2D eigenvalue weighted by Gasteiger charge is 2.12. The molecule has 2 aromatic rings. The van der Waals surface area contributed by atoms with Gasteiger partial charge in [-0.25, -0.2) is 0 Å². The summed E-state index contributed by atoms with van der Waals surface area (Å²) in [6, 6.07) is 17.1. The second kappa shape index (κ2) is 7.58. The summed E-state index contributed by atoms with van der Waals surface area (Å²) in [6.07, 6.45) is 3.22. The van der Waals surface area contributed by atoms with E-state index < -0.39 is 0 Å². The fourth-order valence-electron chi connectivity index (χ4n) is 2.41. The number of aryl methyl sites for hydroxylation is 2. The quantitative estimate of drug-likeness (QED) is 0.611. The molecule has 1 atom stereocenters. The maximum Gasteiger partial charge on any atom is 0.0471 e. The topological polar surface area (TPSA) is 38.0 Å². The largest absolute Gasteiger partial charge is 0.271 e. The maximum atomic E-state index is 5.73. The molecule has 0 aromatic heterocycles. The Hall–Kier alpha value is -1.16. The third-order valence-corrected chi connectivity index (χ3v) is 4.25.